The number of thioether (sulfide) groups is 1. The Morgan fingerprint density at radius 2 is 1.44 bits per heavy atom. The zero-order valence-electron chi connectivity index (χ0n) is 20.7. The van der Waals surface area contributed by atoms with Crippen LogP contribution in [0.25, 0.3) is 11.1 Å². The molecule has 0 spiro atoms. The monoisotopic (exact) mass is 456 g/mol. The highest BCUT2D eigenvalue weighted by Crippen LogP contribution is 2.23. The molecule has 1 atom stereocenters. The average molecular weight is 457 g/mol. The van der Waals surface area contributed by atoms with Gasteiger partial charge >= 0.3 is 0 Å². The molecule has 1 unspecified atom stereocenters. The van der Waals surface area contributed by atoms with Crippen molar-refractivity contribution in [1.82, 2.24) is 9.97 Å². The Labute approximate surface area is 201 Å². The zero-order chi connectivity index (χ0) is 22.9. The van der Waals surface area contributed by atoms with Crippen molar-refractivity contribution in [2.75, 3.05) is 12.4 Å². The second kappa shape index (κ2) is 17.0. The predicted octanol–water partition coefficient (Wildman–Crippen LogP) is 8.97. The lowest BCUT2D eigenvalue weighted by atomic mass is 10.0. The first kappa shape index (κ1) is 26.7. The normalized spacial score (nSPS) is 12.1. The quantitative estimate of drug-likeness (QED) is 0.127. The van der Waals surface area contributed by atoms with E-state index in [4.69, 9.17) is 4.74 Å². The molecule has 178 valence electrons. The maximum Gasteiger partial charge on any atom is 0.187 e. The van der Waals surface area contributed by atoms with Crippen LogP contribution in [0.2, 0.25) is 0 Å². The molecule has 0 bridgehead atoms. The predicted molar refractivity (Wildman–Crippen MR) is 140 cm³/mol. The Bertz CT molecular complexity index is 702. The zero-order valence-corrected chi connectivity index (χ0v) is 21.5. The first-order valence-corrected chi connectivity index (χ1v) is 13.9. The summed E-state index contributed by atoms with van der Waals surface area (Å²) in [6.07, 6.45) is 19.6. The van der Waals surface area contributed by atoms with Gasteiger partial charge in [0.25, 0.3) is 0 Å². The summed E-state index contributed by atoms with van der Waals surface area (Å²) >= 11 is 1.77. The smallest absolute Gasteiger partial charge is 0.187 e. The molecule has 0 aliphatic rings. The van der Waals surface area contributed by atoms with Crippen molar-refractivity contribution in [3.05, 3.63) is 36.7 Å². The highest BCUT2D eigenvalue weighted by Gasteiger charge is 2.03. The third-order valence-electron chi connectivity index (χ3n) is 6.10. The number of aromatic nitrogens is 2. The fraction of sp³-hybridized carbons (Fsp3) is 0.643. The fourth-order valence-electron chi connectivity index (χ4n) is 3.67. The van der Waals surface area contributed by atoms with Crippen LogP contribution < -0.4 is 4.74 Å². The number of hydrogen-bond acceptors (Lipinski definition) is 4. The van der Waals surface area contributed by atoms with Gasteiger partial charge in [0.2, 0.25) is 0 Å². The summed E-state index contributed by atoms with van der Waals surface area (Å²) in [5.41, 5.74) is 2.19. The van der Waals surface area contributed by atoms with E-state index in [1.54, 1.807) is 11.8 Å². The Morgan fingerprint density at radius 3 is 2.16 bits per heavy atom. The highest BCUT2D eigenvalue weighted by molar-refractivity contribution is 7.99. The molecule has 0 fully saturated rings. The van der Waals surface area contributed by atoms with Crippen molar-refractivity contribution < 1.29 is 4.74 Å². The van der Waals surface area contributed by atoms with Crippen LogP contribution in [0.4, 0.5) is 0 Å². The van der Waals surface area contributed by atoms with E-state index >= 15 is 0 Å². The molecule has 0 amide bonds. The van der Waals surface area contributed by atoms with Crippen LogP contribution in [0.1, 0.15) is 97.8 Å². The van der Waals surface area contributed by atoms with Crippen molar-refractivity contribution in [3.8, 4) is 16.9 Å². The van der Waals surface area contributed by atoms with Gasteiger partial charge in [0.05, 0.1) is 6.61 Å². The standard InChI is InChI=1S/C28H44N2OS/c1-4-6-7-8-11-14-21-32-28-29-22-26(23-30-28)25-16-18-27(19-17-25)31-20-13-10-9-12-15-24(3)5-2/h16-19,22-24H,4-15,20-21H2,1-3H3. The third kappa shape index (κ3) is 11.4. The Morgan fingerprint density at radius 1 is 0.781 bits per heavy atom. The van der Waals surface area contributed by atoms with E-state index in [9.17, 15) is 0 Å². The third-order valence-corrected chi connectivity index (χ3v) is 7.06. The molecule has 0 saturated heterocycles. The topological polar surface area (TPSA) is 35.0 Å². The maximum atomic E-state index is 5.92. The van der Waals surface area contributed by atoms with Crippen LogP contribution in [-0.4, -0.2) is 22.3 Å². The molecule has 32 heavy (non-hydrogen) atoms. The first-order valence-electron chi connectivity index (χ1n) is 12.9. The lowest BCUT2D eigenvalue weighted by Crippen LogP contribution is -1.98. The van der Waals surface area contributed by atoms with Crippen molar-refractivity contribution in [3.63, 3.8) is 0 Å². The molecule has 0 aliphatic carbocycles. The summed E-state index contributed by atoms with van der Waals surface area (Å²) in [5.74, 6) is 2.92. The molecule has 3 nitrogen and oxygen atoms in total. The molecule has 2 aromatic rings. The van der Waals surface area contributed by atoms with Gasteiger partial charge < -0.3 is 4.74 Å². The maximum absolute atomic E-state index is 5.92. The second-order valence-corrected chi connectivity index (χ2v) is 10.0. The van der Waals surface area contributed by atoms with Gasteiger partial charge in [-0.1, -0.05) is 109 Å². The largest absolute Gasteiger partial charge is 0.494 e. The molecule has 2 rings (SSSR count). The minimum Gasteiger partial charge on any atom is -0.494 e. The van der Waals surface area contributed by atoms with E-state index in [0.717, 1.165) is 46.7 Å². The fourth-order valence-corrected chi connectivity index (χ4v) is 4.46. The van der Waals surface area contributed by atoms with Gasteiger partial charge in [-0.05, 0) is 36.5 Å². The minimum atomic E-state index is 0.802. The van der Waals surface area contributed by atoms with Crippen LogP contribution in [0, 0.1) is 5.92 Å². The van der Waals surface area contributed by atoms with Crippen LogP contribution >= 0.6 is 11.8 Å². The number of unbranched alkanes of at least 4 members (excludes halogenated alkanes) is 8. The molecule has 1 aromatic heterocycles. The Kier molecular flexibility index (Phi) is 14.2. The molecular formula is C28H44N2OS. The van der Waals surface area contributed by atoms with E-state index < -0.39 is 0 Å². The summed E-state index contributed by atoms with van der Waals surface area (Å²) in [7, 11) is 0. The van der Waals surface area contributed by atoms with Crippen molar-refractivity contribution >= 4 is 11.8 Å². The van der Waals surface area contributed by atoms with Gasteiger partial charge in [0.1, 0.15) is 5.75 Å². The van der Waals surface area contributed by atoms with E-state index in [2.05, 4.69) is 55.0 Å². The SMILES string of the molecule is CCCCCCCCSc1ncc(-c2ccc(OCCCCCCC(C)CC)cc2)cn1. The summed E-state index contributed by atoms with van der Waals surface area (Å²) in [5, 5.41) is 0.881. The molecule has 4 heteroatoms. The van der Waals surface area contributed by atoms with E-state index in [-0.39, 0.29) is 0 Å². The lowest BCUT2D eigenvalue weighted by molar-refractivity contribution is 0.303. The van der Waals surface area contributed by atoms with Crippen molar-refractivity contribution in [2.45, 2.75) is 103 Å². The summed E-state index contributed by atoms with van der Waals surface area (Å²) in [6.45, 7) is 7.69. The average Bonchev–Trinajstić information content (AvgIpc) is 2.83. The molecule has 0 radical (unpaired) electrons. The van der Waals surface area contributed by atoms with E-state index in [0.29, 0.717) is 0 Å². The Hall–Kier alpha value is -1.55. The number of nitrogens with zero attached hydrogens (tertiary/aromatic N) is 2. The molecule has 0 aliphatic heterocycles. The van der Waals surface area contributed by atoms with E-state index in [1.165, 1.54) is 70.6 Å². The van der Waals surface area contributed by atoms with Gasteiger partial charge in [0, 0.05) is 23.7 Å². The van der Waals surface area contributed by atoms with Crippen LogP contribution in [0.15, 0.2) is 41.8 Å². The van der Waals surface area contributed by atoms with Gasteiger partial charge in [-0.2, -0.15) is 0 Å². The second-order valence-electron chi connectivity index (χ2n) is 8.96. The summed E-state index contributed by atoms with van der Waals surface area (Å²) in [4.78, 5) is 9.09. The van der Waals surface area contributed by atoms with Crippen LogP contribution in [0.5, 0.6) is 5.75 Å². The number of ether oxygens (including phenoxy) is 1. The molecule has 0 N–H and O–H groups in total. The van der Waals surface area contributed by atoms with Crippen LogP contribution in [-0.2, 0) is 0 Å². The molecule has 1 heterocycles. The Balaban J connectivity index is 1.62. The van der Waals surface area contributed by atoms with Crippen molar-refractivity contribution in [1.29, 1.82) is 0 Å². The first-order chi connectivity index (χ1) is 15.7. The highest BCUT2D eigenvalue weighted by atomic mass is 32.2. The lowest BCUT2D eigenvalue weighted by Gasteiger charge is -2.09. The van der Waals surface area contributed by atoms with Gasteiger partial charge in [0.15, 0.2) is 5.16 Å². The molecule has 1 aromatic carbocycles. The van der Waals surface area contributed by atoms with Crippen molar-refractivity contribution in [2.24, 2.45) is 5.92 Å². The summed E-state index contributed by atoms with van der Waals surface area (Å²) < 4.78 is 5.92. The number of benzene rings is 1. The summed E-state index contributed by atoms with van der Waals surface area (Å²) in [6, 6.07) is 8.31. The van der Waals surface area contributed by atoms with Gasteiger partial charge in [-0.3, -0.25) is 0 Å². The molecular weight excluding hydrogens is 412 g/mol. The van der Waals surface area contributed by atoms with Crippen LogP contribution in [0.3, 0.4) is 0 Å². The number of hydrogen-bond donors (Lipinski definition) is 0. The van der Waals surface area contributed by atoms with Gasteiger partial charge in [-0.25, -0.2) is 9.97 Å². The van der Waals surface area contributed by atoms with Gasteiger partial charge in [-0.15, -0.1) is 0 Å². The minimum absolute atomic E-state index is 0.802. The van der Waals surface area contributed by atoms with E-state index in [1.807, 2.05) is 12.4 Å². The molecule has 0 saturated carbocycles. The number of rotatable bonds is 18.